The summed E-state index contributed by atoms with van der Waals surface area (Å²) < 4.78 is 25.9. The molecule has 2 fully saturated rings. The second-order valence-electron chi connectivity index (χ2n) is 5.10. The fourth-order valence-electron chi connectivity index (χ4n) is 2.63. The lowest BCUT2D eigenvalue weighted by Gasteiger charge is -2.31. The average Bonchev–Trinajstić information content (AvgIpc) is 2.81. The highest BCUT2D eigenvalue weighted by Gasteiger charge is 2.30. The molecular formula is C11H22N2O3S. The monoisotopic (exact) mass is 262 g/mol. The van der Waals surface area contributed by atoms with Crippen molar-refractivity contribution in [3.63, 3.8) is 0 Å². The maximum atomic E-state index is 12.2. The van der Waals surface area contributed by atoms with Crippen LogP contribution in [0.25, 0.3) is 0 Å². The third-order valence-electron chi connectivity index (χ3n) is 3.80. The van der Waals surface area contributed by atoms with Crippen molar-refractivity contribution < 1.29 is 13.5 Å². The third-order valence-corrected chi connectivity index (χ3v) is 5.77. The van der Waals surface area contributed by atoms with Crippen molar-refractivity contribution >= 4 is 10.0 Å². The molecule has 2 rings (SSSR count). The molecule has 17 heavy (non-hydrogen) atoms. The molecule has 6 heteroatoms. The van der Waals surface area contributed by atoms with Crippen molar-refractivity contribution in [3.05, 3.63) is 0 Å². The minimum atomic E-state index is -3.11. The number of sulfonamides is 1. The van der Waals surface area contributed by atoms with Crippen LogP contribution in [-0.2, 0) is 10.0 Å². The maximum Gasteiger partial charge on any atom is 0.215 e. The number of piperidine rings is 1. The summed E-state index contributed by atoms with van der Waals surface area (Å²) in [5, 5.41) is 12.3. The quantitative estimate of drug-likeness (QED) is 0.734. The molecule has 100 valence electrons. The highest BCUT2D eigenvalue weighted by molar-refractivity contribution is 7.89. The van der Waals surface area contributed by atoms with Crippen molar-refractivity contribution in [2.45, 2.75) is 31.7 Å². The van der Waals surface area contributed by atoms with Crippen LogP contribution in [0.15, 0.2) is 0 Å². The Morgan fingerprint density at radius 3 is 2.47 bits per heavy atom. The first-order valence-corrected chi connectivity index (χ1v) is 8.05. The van der Waals surface area contributed by atoms with E-state index in [9.17, 15) is 8.42 Å². The van der Waals surface area contributed by atoms with Crippen LogP contribution in [0.2, 0.25) is 0 Å². The number of aliphatic hydroxyl groups is 1. The zero-order chi connectivity index (χ0) is 12.3. The highest BCUT2D eigenvalue weighted by Crippen LogP contribution is 2.20. The minimum Gasteiger partial charge on any atom is -0.396 e. The van der Waals surface area contributed by atoms with Crippen LogP contribution in [0.4, 0.5) is 0 Å². The smallest absolute Gasteiger partial charge is 0.215 e. The summed E-state index contributed by atoms with van der Waals surface area (Å²) in [6.07, 6.45) is 3.61. The first-order valence-electron chi connectivity index (χ1n) is 6.44. The van der Waals surface area contributed by atoms with Gasteiger partial charge in [-0.1, -0.05) is 0 Å². The minimum absolute atomic E-state index is 0.135. The molecule has 0 amide bonds. The van der Waals surface area contributed by atoms with Crippen molar-refractivity contribution in [1.29, 1.82) is 0 Å². The van der Waals surface area contributed by atoms with Gasteiger partial charge in [-0.3, -0.25) is 0 Å². The largest absolute Gasteiger partial charge is 0.396 e. The zero-order valence-electron chi connectivity index (χ0n) is 10.1. The lowest BCUT2D eigenvalue weighted by Crippen LogP contribution is -2.44. The van der Waals surface area contributed by atoms with E-state index in [4.69, 9.17) is 5.11 Å². The summed E-state index contributed by atoms with van der Waals surface area (Å²) in [7, 11) is -3.11. The molecule has 0 aromatic carbocycles. The molecule has 2 heterocycles. The Morgan fingerprint density at radius 2 is 1.94 bits per heavy atom. The van der Waals surface area contributed by atoms with Gasteiger partial charge in [0.25, 0.3) is 0 Å². The molecule has 0 aliphatic carbocycles. The number of nitrogens with zero attached hydrogens (tertiary/aromatic N) is 1. The summed E-state index contributed by atoms with van der Waals surface area (Å²) in [6.45, 7) is 2.26. The Bertz CT molecular complexity index is 331. The van der Waals surface area contributed by atoms with Gasteiger partial charge in [-0.15, -0.1) is 0 Å². The lowest BCUT2D eigenvalue weighted by molar-refractivity contribution is 0.170. The fraction of sp³-hybridized carbons (Fsp3) is 1.00. The summed E-state index contributed by atoms with van der Waals surface area (Å²) in [5.74, 6) is 0.516. The van der Waals surface area contributed by atoms with Gasteiger partial charge in [0.05, 0.1) is 5.75 Å². The molecule has 0 aromatic heterocycles. The van der Waals surface area contributed by atoms with Gasteiger partial charge in [0.1, 0.15) is 0 Å². The first-order chi connectivity index (χ1) is 8.12. The Hall–Kier alpha value is -0.170. The molecule has 0 spiro atoms. The van der Waals surface area contributed by atoms with E-state index in [1.165, 1.54) is 0 Å². The molecule has 2 N–H and O–H groups in total. The number of hydrogen-bond donors (Lipinski definition) is 2. The normalized spacial score (nSPS) is 28.6. The lowest BCUT2D eigenvalue weighted by atomic mass is 10.00. The molecule has 2 aliphatic heterocycles. The van der Waals surface area contributed by atoms with Gasteiger partial charge in [-0.25, -0.2) is 12.7 Å². The molecule has 1 unspecified atom stereocenters. The SMILES string of the molecule is O=S(=O)(CC1CCCN1)N1CCC(CO)CC1. The van der Waals surface area contributed by atoms with Gasteiger partial charge >= 0.3 is 0 Å². The fourth-order valence-corrected chi connectivity index (χ4v) is 4.40. The number of nitrogens with one attached hydrogen (secondary N) is 1. The Morgan fingerprint density at radius 1 is 1.24 bits per heavy atom. The van der Waals surface area contributed by atoms with Gasteiger partial charge in [0, 0.05) is 25.7 Å². The van der Waals surface area contributed by atoms with E-state index >= 15 is 0 Å². The Labute approximate surface area is 103 Å². The van der Waals surface area contributed by atoms with E-state index in [1.807, 2.05) is 0 Å². The first kappa shape index (κ1) is 13.3. The molecule has 0 aromatic rings. The molecule has 0 bridgehead atoms. The predicted molar refractivity (Wildman–Crippen MR) is 66.2 cm³/mol. The maximum absolute atomic E-state index is 12.2. The van der Waals surface area contributed by atoms with Crippen LogP contribution in [0.5, 0.6) is 0 Å². The summed E-state index contributed by atoms with van der Waals surface area (Å²) in [4.78, 5) is 0. The molecule has 2 saturated heterocycles. The van der Waals surface area contributed by atoms with Crippen molar-refractivity contribution in [3.8, 4) is 0 Å². The molecule has 0 radical (unpaired) electrons. The van der Waals surface area contributed by atoms with E-state index in [2.05, 4.69) is 5.32 Å². The van der Waals surface area contributed by atoms with E-state index in [0.29, 0.717) is 13.1 Å². The molecular weight excluding hydrogens is 240 g/mol. The van der Waals surface area contributed by atoms with Gasteiger partial charge in [-0.05, 0) is 38.1 Å². The van der Waals surface area contributed by atoms with E-state index in [0.717, 1.165) is 32.2 Å². The summed E-state index contributed by atoms with van der Waals surface area (Å²) in [6, 6.07) is 0.135. The van der Waals surface area contributed by atoms with Crippen LogP contribution < -0.4 is 5.32 Å². The van der Waals surface area contributed by atoms with Gasteiger partial charge in [-0.2, -0.15) is 0 Å². The van der Waals surface area contributed by atoms with E-state index in [1.54, 1.807) is 4.31 Å². The van der Waals surface area contributed by atoms with Gasteiger partial charge in [0.15, 0.2) is 0 Å². The van der Waals surface area contributed by atoms with E-state index < -0.39 is 10.0 Å². The second kappa shape index (κ2) is 5.65. The average molecular weight is 262 g/mol. The van der Waals surface area contributed by atoms with Crippen molar-refractivity contribution in [1.82, 2.24) is 9.62 Å². The topological polar surface area (TPSA) is 69.6 Å². The molecule has 5 nitrogen and oxygen atoms in total. The molecule has 1 atom stereocenters. The van der Waals surface area contributed by atoms with Crippen molar-refractivity contribution in [2.24, 2.45) is 5.92 Å². The van der Waals surface area contributed by atoms with Crippen LogP contribution in [0.1, 0.15) is 25.7 Å². The second-order valence-corrected chi connectivity index (χ2v) is 7.11. The van der Waals surface area contributed by atoms with Crippen LogP contribution >= 0.6 is 0 Å². The highest BCUT2D eigenvalue weighted by atomic mass is 32.2. The van der Waals surface area contributed by atoms with Gasteiger partial charge in [0.2, 0.25) is 10.0 Å². The Kier molecular flexibility index (Phi) is 4.41. The number of aliphatic hydroxyl groups excluding tert-OH is 1. The summed E-state index contributed by atoms with van der Waals surface area (Å²) >= 11 is 0. The standard InChI is InChI=1S/C11H22N2O3S/c14-8-10-3-6-13(7-4-10)17(15,16)9-11-2-1-5-12-11/h10-12,14H,1-9H2. The third kappa shape index (κ3) is 3.40. The van der Waals surface area contributed by atoms with Gasteiger partial charge < -0.3 is 10.4 Å². The predicted octanol–water partition coefficient (Wildman–Crippen LogP) is -0.227. The zero-order valence-corrected chi connectivity index (χ0v) is 11.0. The summed E-state index contributed by atoms with van der Waals surface area (Å²) in [5.41, 5.74) is 0. The number of hydrogen-bond acceptors (Lipinski definition) is 4. The van der Waals surface area contributed by atoms with Crippen LogP contribution in [0.3, 0.4) is 0 Å². The number of rotatable bonds is 4. The van der Waals surface area contributed by atoms with Crippen LogP contribution in [0, 0.1) is 5.92 Å². The molecule has 2 aliphatic rings. The van der Waals surface area contributed by atoms with E-state index in [-0.39, 0.29) is 24.3 Å². The Balaban J connectivity index is 1.87. The van der Waals surface area contributed by atoms with Crippen molar-refractivity contribution in [2.75, 3.05) is 32.0 Å². The molecule has 0 saturated carbocycles. The van der Waals surface area contributed by atoms with Crippen LogP contribution in [-0.4, -0.2) is 55.9 Å².